The van der Waals surface area contributed by atoms with Crippen LogP contribution in [0.4, 0.5) is 0 Å². The molecule has 0 atom stereocenters. The molecule has 0 unspecified atom stereocenters. The predicted octanol–water partition coefficient (Wildman–Crippen LogP) is 11.3. The monoisotopic (exact) mass is 666 g/mol. The van der Waals surface area contributed by atoms with E-state index in [2.05, 4.69) is 76.2 Å². The van der Waals surface area contributed by atoms with Gasteiger partial charge in [-0.15, -0.1) is 0 Å². The first-order chi connectivity index (χ1) is 20.5. The molecule has 2 aromatic carbocycles. The van der Waals surface area contributed by atoms with Gasteiger partial charge in [0, 0.05) is 22.3 Å². The number of aryl methyl sites for hydroxylation is 2. The van der Waals surface area contributed by atoms with Crippen LogP contribution in [0.15, 0.2) is 59.7 Å². The molecule has 1 heterocycles. The second-order valence-electron chi connectivity index (χ2n) is 11.1. The van der Waals surface area contributed by atoms with Crippen LogP contribution < -0.4 is 0 Å². The van der Waals surface area contributed by atoms with Crippen molar-refractivity contribution in [2.45, 2.75) is 125 Å². The molecule has 1 aliphatic rings. The molecule has 0 fully saturated rings. The van der Waals surface area contributed by atoms with Crippen molar-refractivity contribution in [1.29, 1.82) is 0 Å². The summed E-state index contributed by atoms with van der Waals surface area (Å²) >= 11 is 0.0681. The van der Waals surface area contributed by atoms with E-state index in [9.17, 15) is 5.53 Å². The van der Waals surface area contributed by atoms with Crippen molar-refractivity contribution >= 4 is 11.4 Å². The van der Waals surface area contributed by atoms with Gasteiger partial charge in [-0.25, -0.2) is 4.70 Å². The Morgan fingerprint density at radius 1 is 0.619 bits per heavy atom. The molecule has 0 bridgehead atoms. The van der Waals surface area contributed by atoms with Crippen LogP contribution in [-0.4, -0.2) is 17.9 Å². The average molecular weight is 667 g/mol. The molecule has 0 spiro atoms. The fourth-order valence-corrected chi connectivity index (χ4v) is 5.85. The van der Waals surface area contributed by atoms with Gasteiger partial charge in [0.05, 0.1) is 0 Å². The number of hydrogen-bond acceptors (Lipinski definition) is 2. The van der Waals surface area contributed by atoms with Crippen LogP contribution in [0.5, 0.6) is 0 Å². The predicted molar refractivity (Wildman–Crippen MR) is 174 cm³/mol. The van der Waals surface area contributed by atoms with E-state index in [1.807, 2.05) is 13.8 Å². The van der Waals surface area contributed by atoms with E-state index in [-0.39, 0.29) is 18.7 Å². The van der Waals surface area contributed by atoms with Crippen molar-refractivity contribution in [1.82, 2.24) is 0 Å². The van der Waals surface area contributed by atoms with Crippen molar-refractivity contribution < 1.29 is 30.3 Å². The third kappa shape index (κ3) is 12.0. The first-order valence-corrected chi connectivity index (χ1v) is 17.7. The minimum absolute atomic E-state index is 0.0681. The average Bonchev–Trinajstić information content (AvgIpc) is 3.26. The fraction of sp³-hybridized carbons (Fsp3) is 0.568. The van der Waals surface area contributed by atoms with Gasteiger partial charge in [-0.2, -0.15) is 0 Å². The van der Waals surface area contributed by atoms with E-state index >= 15 is 0 Å². The Morgan fingerprint density at radius 2 is 1.12 bits per heavy atom. The zero-order valence-corrected chi connectivity index (χ0v) is 28.8. The summed E-state index contributed by atoms with van der Waals surface area (Å²) in [5.74, 6) is 0. The van der Waals surface area contributed by atoms with Crippen molar-refractivity contribution in [3.8, 4) is 0 Å². The molecule has 236 valence electrons. The molecule has 42 heavy (non-hydrogen) atoms. The van der Waals surface area contributed by atoms with E-state index in [4.69, 9.17) is 6.92 Å². The van der Waals surface area contributed by atoms with Crippen molar-refractivity contribution in [2.24, 2.45) is 0 Å². The summed E-state index contributed by atoms with van der Waals surface area (Å²) < 4.78 is 11.3. The molecule has 0 aliphatic carbocycles. The van der Waals surface area contributed by atoms with E-state index in [0.717, 1.165) is 55.0 Å². The standard InChI is InChI=1S/C33H46N2.2C2H5O.Pd/c1-5-8-11-12-13-14-23-31-26(4)32(29-21-15-19-27(24-29)17-9-6-2)35(34)33(31)30-22-16-20-28(25-30)18-10-7-3;2*1-2-3;/h15-16,19-22,24-25H,5-14,17-18,23H2,1-4H3;2*2H2,1H3;/q;2*-1;+2. The minimum atomic E-state index is 0.0681. The van der Waals surface area contributed by atoms with Crippen LogP contribution in [0.2, 0.25) is 0 Å². The van der Waals surface area contributed by atoms with Crippen molar-refractivity contribution in [3.63, 3.8) is 0 Å². The number of hydrogen-bond donors (Lipinski definition) is 0. The Kier molecular flexibility index (Phi) is 18.8. The van der Waals surface area contributed by atoms with Crippen LogP contribution in [-0.2, 0) is 38.5 Å². The van der Waals surface area contributed by atoms with Gasteiger partial charge in [0.25, 0.3) is 0 Å². The van der Waals surface area contributed by atoms with Gasteiger partial charge in [-0.1, -0.05) is 90.0 Å². The molecular formula is C37H56N2O2Pd. The Balaban J connectivity index is 0.000000782. The molecule has 0 N–H and O–H groups in total. The van der Waals surface area contributed by atoms with Gasteiger partial charge in [0.1, 0.15) is 0 Å². The maximum absolute atomic E-state index is 11.6. The van der Waals surface area contributed by atoms with Crippen LogP contribution >= 0.6 is 0 Å². The number of rotatable bonds is 19. The van der Waals surface area contributed by atoms with E-state index in [1.165, 1.54) is 91.2 Å². The molecule has 2 aromatic rings. The zero-order chi connectivity index (χ0) is 30.6. The second kappa shape index (κ2) is 21.7. The summed E-state index contributed by atoms with van der Waals surface area (Å²) in [6, 6.07) is 17.6. The quantitative estimate of drug-likeness (QED) is 0.0850. The normalized spacial score (nSPS) is 13.2. The number of unbranched alkanes of at least 4 members (excludes halogenated alkanes) is 7. The third-order valence-corrected chi connectivity index (χ3v) is 8.86. The van der Waals surface area contributed by atoms with Crippen LogP contribution in [0, 0.1) is 0 Å². The Hall–Kier alpha value is -1.90. The molecule has 0 amide bonds. The van der Waals surface area contributed by atoms with Gasteiger partial charge in [0.2, 0.25) is 11.4 Å². The van der Waals surface area contributed by atoms with Gasteiger partial charge < -0.3 is 5.53 Å². The molecule has 0 radical (unpaired) electrons. The van der Waals surface area contributed by atoms with Gasteiger partial charge >= 0.3 is 52.7 Å². The molecule has 5 heteroatoms. The van der Waals surface area contributed by atoms with Crippen molar-refractivity contribution in [3.05, 3.63) is 87.5 Å². The molecule has 3 rings (SSSR count). The summed E-state index contributed by atoms with van der Waals surface area (Å²) in [6.45, 7) is 14.4. The topological polar surface area (TPSA) is 43.8 Å². The zero-order valence-electron chi connectivity index (χ0n) is 27.3. The first kappa shape index (κ1) is 36.3. The summed E-state index contributed by atoms with van der Waals surface area (Å²) in [7, 11) is 0. The summed E-state index contributed by atoms with van der Waals surface area (Å²) in [5, 5.41) is 0. The van der Waals surface area contributed by atoms with Crippen LogP contribution in [0.1, 0.15) is 134 Å². The third-order valence-electron chi connectivity index (χ3n) is 7.59. The fourth-order valence-electron chi connectivity index (χ4n) is 5.35. The van der Waals surface area contributed by atoms with Gasteiger partial charge in [-0.05, 0) is 80.8 Å². The Labute approximate surface area is 266 Å². The summed E-state index contributed by atoms with van der Waals surface area (Å²) in [6.07, 6.45) is 15.7. The molecular weight excluding hydrogens is 611 g/mol. The van der Waals surface area contributed by atoms with Crippen molar-refractivity contribution in [2.75, 3.05) is 13.2 Å². The van der Waals surface area contributed by atoms with E-state index < -0.39 is 0 Å². The van der Waals surface area contributed by atoms with E-state index in [1.54, 1.807) is 0 Å². The molecule has 1 aliphatic heterocycles. The maximum atomic E-state index is 11.6. The molecule has 0 saturated carbocycles. The first-order valence-electron chi connectivity index (χ1n) is 16.5. The van der Waals surface area contributed by atoms with E-state index in [0.29, 0.717) is 0 Å². The molecule has 4 nitrogen and oxygen atoms in total. The number of benzene rings is 2. The molecule has 0 saturated heterocycles. The summed E-state index contributed by atoms with van der Waals surface area (Å²) in [5.41, 5.74) is 21.1. The molecule has 0 aromatic heterocycles. The van der Waals surface area contributed by atoms with Crippen LogP contribution in [0.3, 0.4) is 0 Å². The number of nitrogens with zero attached hydrogens (tertiary/aromatic N) is 2. The van der Waals surface area contributed by atoms with Gasteiger partial charge in [0.15, 0.2) is 0 Å². The number of allylic oxidation sites excluding steroid dienone is 2. The Bertz CT molecular complexity index is 1130. The summed E-state index contributed by atoms with van der Waals surface area (Å²) in [4.78, 5) is 0. The Morgan fingerprint density at radius 3 is 1.64 bits per heavy atom. The van der Waals surface area contributed by atoms with Gasteiger partial charge in [-0.3, -0.25) is 0 Å². The second-order valence-corrected chi connectivity index (χ2v) is 12.2. The van der Waals surface area contributed by atoms with Crippen LogP contribution in [0.25, 0.3) is 16.9 Å². The SMILES string of the molecule is CCCCCCCCC1=C(c2cccc(CCCC)c2)[N+](=[N-])C(c2cccc(CCCC)c2)=C1C.CC[O][Pd][O]CC.